The molecule has 0 aromatic carbocycles. The lowest BCUT2D eigenvalue weighted by Gasteiger charge is -1.95. The van der Waals surface area contributed by atoms with E-state index in [1.54, 1.807) is 0 Å². The Kier molecular flexibility index (Phi) is 4.58. The second kappa shape index (κ2) is 5.79. The lowest BCUT2D eigenvalue weighted by Crippen LogP contribution is -1.94. The van der Waals surface area contributed by atoms with E-state index in [1.165, 1.54) is 25.7 Å². The molecule has 1 aliphatic heterocycles. The van der Waals surface area contributed by atoms with Crippen molar-refractivity contribution in [2.45, 2.75) is 45.4 Å². The number of carbonyl (C=O) groups excluding carboxylic acids is 1. The summed E-state index contributed by atoms with van der Waals surface area (Å²) in [5.41, 5.74) is 0.886. The monoisotopic (exact) mass is 182 g/mol. The van der Waals surface area contributed by atoms with Crippen LogP contribution in [0.2, 0.25) is 0 Å². The van der Waals surface area contributed by atoms with E-state index in [-0.39, 0.29) is 5.97 Å². The third kappa shape index (κ3) is 3.62. The summed E-state index contributed by atoms with van der Waals surface area (Å²) in [6.07, 6.45) is 8.92. The maximum absolute atomic E-state index is 11.0. The molecule has 0 aromatic heterocycles. The van der Waals surface area contributed by atoms with Crippen molar-refractivity contribution in [3.63, 3.8) is 0 Å². The molecule has 1 fully saturated rings. The molecule has 0 aromatic rings. The summed E-state index contributed by atoms with van der Waals surface area (Å²) in [4.78, 5) is 11.0. The first-order valence-electron chi connectivity index (χ1n) is 5.20. The zero-order chi connectivity index (χ0) is 9.52. The average Bonchev–Trinajstić information content (AvgIpc) is 2.52. The molecule has 1 saturated heterocycles. The zero-order valence-corrected chi connectivity index (χ0v) is 8.34. The molecule has 0 radical (unpaired) electrons. The molecule has 0 unspecified atom stereocenters. The Balaban J connectivity index is 2.12. The third-order valence-corrected chi connectivity index (χ3v) is 2.32. The molecule has 1 aliphatic rings. The Morgan fingerprint density at radius 1 is 1.38 bits per heavy atom. The van der Waals surface area contributed by atoms with Gasteiger partial charge in [0, 0.05) is 12.0 Å². The van der Waals surface area contributed by atoms with Gasteiger partial charge in [0.15, 0.2) is 0 Å². The van der Waals surface area contributed by atoms with E-state index >= 15 is 0 Å². The molecule has 0 bridgehead atoms. The van der Waals surface area contributed by atoms with Crippen LogP contribution in [0.4, 0.5) is 0 Å². The minimum absolute atomic E-state index is 0.101. The van der Waals surface area contributed by atoms with E-state index < -0.39 is 0 Å². The fourth-order valence-corrected chi connectivity index (χ4v) is 1.48. The number of allylic oxidation sites excluding steroid dienone is 1. The summed E-state index contributed by atoms with van der Waals surface area (Å²) in [6, 6.07) is 0. The normalized spacial score (nSPS) is 19.5. The predicted molar refractivity (Wildman–Crippen MR) is 52.4 cm³/mol. The number of cyclic esters (lactones) is 1. The maximum Gasteiger partial charge on any atom is 0.333 e. The number of unbranched alkanes of at least 4 members (excludes halogenated alkanes) is 4. The van der Waals surface area contributed by atoms with E-state index in [0.717, 1.165) is 18.4 Å². The fourth-order valence-electron chi connectivity index (χ4n) is 1.48. The smallest absolute Gasteiger partial charge is 0.333 e. The molecule has 2 heteroatoms. The third-order valence-electron chi connectivity index (χ3n) is 2.32. The van der Waals surface area contributed by atoms with Gasteiger partial charge in [-0.1, -0.05) is 32.3 Å². The standard InChI is InChI=1S/C11H18O2/c1-2-3-4-5-6-7-10-8-9-13-11(10)12/h7H,2-6,8-9H2,1H3. The Morgan fingerprint density at radius 2 is 2.23 bits per heavy atom. The van der Waals surface area contributed by atoms with Crippen molar-refractivity contribution < 1.29 is 9.53 Å². The van der Waals surface area contributed by atoms with Crippen LogP contribution in [-0.2, 0) is 9.53 Å². The first-order valence-corrected chi connectivity index (χ1v) is 5.20. The molecule has 0 amide bonds. The minimum Gasteiger partial charge on any atom is -0.462 e. The molecular weight excluding hydrogens is 164 g/mol. The van der Waals surface area contributed by atoms with Gasteiger partial charge >= 0.3 is 5.97 Å². The molecule has 2 nitrogen and oxygen atoms in total. The fraction of sp³-hybridized carbons (Fsp3) is 0.727. The number of esters is 1. The number of ether oxygens (including phenoxy) is 1. The number of rotatable bonds is 5. The van der Waals surface area contributed by atoms with Crippen molar-refractivity contribution in [1.29, 1.82) is 0 Å². The van der Waals surface area contributed by atoms with Crippen LogP contribution in [0.25, 0.3) is 0 Å². The van der Waals surface area contributed by atoms with Crippen LogP contribution in [0.15, 0.2) is 11.6 Å². The van der Waals surface area contributed by atoms with Gasteiger partial charge in [-0.25, -0.2) is 4.79 Å². The van der Waals surface area contributed by atoms with Crippen molar-refractivity contribution in [2.24, 2.45) is 0 Å². The highest BCUT2D eigenvalue weighted by Gasteiger charge is 2.17. The first kappa shape index (κ1) is 10.3. The highest BCUT2D eigenvalue weighted by atomic mass is 16.5. The molecule has 0 saturated carbocycles. The summed E-state index contributed by atoms with van der Waals surface area (Å²) in [7, 11) is 0. The SMILES string of the molecule is CCCCCCC=C1CCOC1=O. The maximum atomic E-state index is 11.0. The van der Waals surface area contributed by atoms with Crippen molar-refractivity contribution in [3.8, 4) is 0 Å². The van der Waals surface area contributed by atoms with E-state index in [0.29, 0.717) is 6.61 Å². The molecule has 1 rings (SSSR count). The largest absolute Gasteiger partial charge is 0.462 e. The molecule has 74 valence electrons. The Bertz CT molecular complexity index is 194. The molecule has 0 aliphatic carbocycles. The van der Waals surface area contributed by atoms with Crippen molar-refractivity contribution >= 4 is 5.97 Å². The van der Waals surface area contributed by atoms with E-state index in [4.69, 9.17) is 4.74 Å². The topological polar surface area (TPSA) is 26.3 Å². The first-order chi connectivity index (χ1) is 6.34. The van der Waals surface area contributed by atoms with Gasteiger partial charge in [0.1, 0.15) is 0 Å². The van der Waals surface area contributed by atoms with Crippen LogP contribution in [0.1, 0.15) is 45.4 Å². The van der Waals surface area contributed by atoms with Crippen LogP contribution in [0.3, 0.4) is 0 Å². The summed E-state index contributed by atoms with van der Waals surface area (Å²) in [6.45, 7) is 2.78. The quantitative estimate of drug-likeness (QED) is 0.371. The molecule has 1 heterocycles. The Morgan fingerprint density at radius 3 is 2.85 bits per heavy atom. The average molecular weight is 182 g/mol. The van der Waals surface area contributed by atoms with Crippen LogP contribution in [0.5, 0.6) is 0 Å². The summed E-state index contributed by atoms with van der Waals surface area (Å²) >= 11 is 0. The van der Waals surface area contributed by atoms with Gasteiger partial charge in [-0.05, 0) is 12.8 Å². The van der Waals surface area contributed by atoms with Crippen LogP contribution in [0, 0.1) is 0 Å². The Hall–Kier alpha value is -0.790. The van der Waals surface area contributed by atoms with Gasteiger partial charge in [-0.3, -0.25) is 0 Å². The van der Waals surface area contributed by atoms with Crippen molar-refractivity contribution in [1.82, 2.24) is 0 Å². The number of hydrogen-bond donors (Lipinski definition) is 0. The van der Waals surface area contributed by atoms with E-state index in [9.17, 15) is 4.79 Å². The predicted octanol–water partition coefficient (Wildman–Crippen LogP) is 2.83. The summed E-state index contributed by atoms with van der Waals surface area (Å²) < 4.78 is 4.84. The van der Waals surface area contributed by atoms with Gasteiger partial charge in [0.2, 0.25) is 0 Å². The Labute approximate surface area is 80.0 Å². The zero-order valence-electron chi connectivity index (χ0n) is 8.34. The van der Waals surface area contributed by atoms with Crippen molar-refractivity contribution in [3.05, 3.63) is 11.6 Å². The van der Waals surface area contributed by atoms with Crippen LogP contribution >= 0.6 is 0 Å². The molecule has 0 atom stereocenters. The molecule has 13 heavy (non-hydrogen) atoms. The number of carbonyl (C=O) groups is 1. The molecular formula is C11H18O2. The molecule has 0 N–H and O–H groups in total. The van der Waals surface area contributed by atoms with E-state index in [2.05, 4.69) is 6.92 Å². The summed E-state index contributed by atoms with van der Waals surface area (Å²) in [5, 5.41) is 0. The summed E-state index contributed by atoms with van der Waals surface area (Å²) in [5.74, 6) is -0.101. The van der Waals surface area contributed by atoms with Gasteiger partial charge < -0.3 is 4.74 Å². The van der Waals surface area contributed by atoms with E-state index in [1.807, 2.05) is 6.08 Å². The lowest BCUT2D eigenvalue weighted by atomic mass is 10.1. The lowest BCUT2D eigenvalue weighted by molar-refractivity contribution is -0.135. The molecule has 0 spiro atoms. The second-order valence-corrected chi connectivity index (χ2v) is 3.46. The van der Waals surface area contributed by atoms with Crippen LogP contribution in [-0.4, -0.2) is 12.6 Å². The van der Waals surface area contributed by atoms with Gasteiger partial charge in [-0.15, -0.1) is 0 Å². The second-order valence-electron chi connectivity index (χ2n) is 3.46. The van der Waals surface area contributed by atoms with Gasteiger partial charge in [0.05, 0.1) is 6.61 Å². The van der Waals surface area contributed by atoms with Gasteiger partial charge in [0.25, 0.3) is 0 Å². The highest BCUT2D eigenvalue weighted by Crippen LogP contribution is 2.14. The van der Waals surface area contributed by atoms with Crippen LogP contribution < -0.4 is 0 Å². The van der Waals surface area contributed by atoms with Gasteiger partial charge in [-0.2, -0.15) is 0 Å². The number of hydrogen-bond acceptors (Lipinski definition) is 2. The highest BCUT2D eigenvalue weighted by molar-refractivity contribution is 5.90. The van der Waals surface area contributed by atoms with Crippen molar-refractivity contribution in [2.75, 3.05) is 6.61 Å². The minimum atomic E-state index is -0.101.